The molecule has 16 heavy (non-hydrogen) atoms. The number of rotatable bonds is 4. The molecule has 0 aliphatic heterocycles. The van der Waals surface area contributed by atoms with E-state index in [1.807, 2.05) is 13.8 Å². The van der Waals surface area contributed by atoms with Crippen molar-refractivity contribution in [3.05, 3.63) is 28.8 Å². The third-order valence-corrected chi connectivity index (χ3v) is 2.38. The lowest BCUT2D eigenvalue weighted by Crippen LogP contribution is -2.27. The second kappa shape index (κ2) is 5.75. The van der Waals surface area contributed by atoms with Gasteiger partial charge in [0, 0.05) is 12.1 Å². The molecule has 0 aromatic heterocycles. The van der Waals surface area contributed by atoms with Crippen molar-refractivity contribution >= 4 is 17.5 Å². The fourth-order valence-electron chi connectivity index (χ4n) is 1.21. The van der Waals surface area contributed by atoms with Crippen LogP contribution in [0.25, 0.3) is 0 Å². The number of amides is 1. The van der Waals surface area contributed by atoms with Gasteiger partial charge in [0.2, 0.25) is 0 Å². The van der Waals surface area contributed by atoms with Gasteiger partial charge in [-0.25, -0.2) is 0 Å². The molecule has 1 N–H and O–H groups in total. The molecule has 0 saturated heterocycles. The molecule has 0 unspecified atom stereocenters. The van der Waals surface area contributed by atoms with Crippen LogP contribution in [-0.4, -0.2) is 19.6 Å². The minimum Gasteiger partial charge on any atom is -0.495 e. The highest BCUT2D eigenvalue weighted by Crippen LogP contribution is 2.24. The van der Waals surface area contributed by atoms with Gasteiger partial charge in [-0.3, -0.25) is 4.79 Å². The first-order chi connectivity index (χ1) is 7.54. The molecule has 0 saturated carbocycles. The Morgan fingerprint density at radius 3 is 2.69 bits per heavy atom. The van der Waals surface area contributed by atoms with Crippen LogP contribution in [0.3, 0.4) is 0 Å². The predicted octanol–water partition coefficient (Wildman–Crippen LogP) is 2.73. The summed E-state index contributed by atoms with van der Waals surface area (Å²) in [5, 5.41) is 3.27. The van der Waals surface area contributed by atoms with Gasteiger partial charge in [0.25, 0.3) is 5.91 Å². The number of nitrogens with one attached hydrogen (secondary N) is 1. The van der Waals surface area contributed by atoms with Crippen LogP contribution in [0, 0.1) is 5.92 Å². The summed E-state index contributed by atoms with van der Waals surface area (Å²) >= 11 is 5.93. The monoisotopic (exact) mass is 241 g/mol. The number of hydrogen-bond donors (Lipinski definition) is 1. The van der Waals surface area contributed by atoms with E-state index in [0.29, 0.717) is 28.8 Å². The van der Waals surface area contributed by atoms with Gasteiger partial charge in [-0.05, 0) is 24.1 Å². The number of hydrogen-bond acceptors (Lipinski definition) is 2. The van der Waals surface area contributed by atoms with E-state index in [1.165, 1.54) is 0 Å². The van der Waals surface area contributed by atoms with E-state index < -0.39 is 0 Å². The standard InChI is InChI=1S/C12H16ClNO2/c1-8(2)7-14-12(15)9-4-5-11(16-3)10(13)6-9/h4-6,8H,7H2,1-3H3,(H,14,15). The van der Waals surface area contributed by atoms with Gasteiger partial charge in [0.1, 0.15) is 5.75 Å². The molecule has 4 heteroatoms. The highest BCUT2D eigenvalue weighted by Gasteiger charge is 2.08. The lowest BCUT2D eigenvalue weighted by Gasteiger charge is -2.09. The topological polar surface area (TPSA) is 38.3 Å². The Morgan fingerprint density at radius 1 is 1.50 bits per heavy atom. The number of ether oxygens (including phenoxy) is 1. The molecule has 88 valence electrons. The Hall–Kier alpha value is -1.22. The van der Waals surface area contributed by atoms with Crippen LogP contribution >= 0.6 is 11.6 Å². The van der Waals surface area contributed by atoms with E-state index in [1.54, 1.807) is 25.3 Å². The second-order valence-corrected chi connectivity index (χ2v) is 4.36. The average molecular weight is 242 g/mol. The summed E-state index contributed by atoms with van der Waals surface area (Å²) in [6.45, 7) is 4.74. The summed E-state index contributed by atoms with van der Waals surface area (Å²) < 4.78 is 5.01. The van der Waals surface area contributed by atoms with Crippen LogP contribution in [0.5, 0.6) is 5.75 Å². The highest BCUT2D eigenvalue weighted by molar-refractivity contribution is 6.32. The summed E-state index contributed by atoms with van der Waals surface area (Å²) in [5.41, 5.74) is 0.548. The summed E-state index contributed by atoms with van der Waals surface area (Å²) in [5.74, 6) is 0.887. The molecule has 0 aliphatic carbocycles. The molecular formula is C12H16ClNO2. The molecule has 1 amide bonds. The molecule has 1 aromatic rings. The predicted molar refractivity (Wildman–Crippen MR) is 65.2 cm³/mol. The summed E-state index contributed by atoms with van der Waals surface area (Å²) in [6.07, 6.45) is 0. The minimum atomic E-state index is -0.113. The normalized spacial score (nSPS) is 10.3. The lowest BCUT2D eigenvalue weighted by atomic mass is 10.2. The number of carbonyl (C=O) groups excluding carboxylic acids is 1. The van der Waals surface area contributed by atoms with Gasteiger partial charge in [0.15, 0.2) is 0 Å². The second-order valence-electron chi connectivity index (χ2n) is 3.95. The van der Waals surface area contributed by atoms with Gasteiger partial charge in [-0.1, -0.05) is 25.4 Å². The van der Waals surface area contributed by atoms with Crippen molar-refractivity contribution in [2.24, 2.45) is 5.92 Å². The molecule has 0 heterocycles. The van der Waals surface area contributed by atoms with Crippen molar-refractivity contribution in [2.45, 2.75) is 13.8 Å². The molecule has 1 rings (SSSR count). The van der Waals surface area contributed by atoms with Crippen molar-refractivity contribution in [3.63, 3.8) is 0 Å². The molecule has 1 aromatic carbocycles. The highest BCUT2D eigenvalue weighted by atomic mass is 35.5. The van der Waals surface area contributed by atoms with Gasteiger partial charge in [-0.15, -0.1) is 0 Å². The number of benzene rings is 1. The van der Waals surface area contributed by atoms with Crippen LogP contribution in [0.15, 0.2) is 18.2 Å². The fraction of sp³-hybridized carbons (Fsp3) is 0.417. The van der Waals surface area contributed by atoms with Crippen molar-refractivity contribution in [1.29, 1.82) is 0 Å². The number of halogens is 1. The zero-order chi connectivity index (χ0) is 12.1. The maximum absolute atomic E-state index is 11.7. The van der Waals surface area contributed by atoms with Crippen molar-refractivity contribution < 1.29 is 9.53 Å². The Bertz CT molecular complexity index is 377. The first kappa shape index (κ1) is 12.8. The molecule has 3 nitrogen and oxygen atoms in total. The van der Waals surface area contributed by atoms with E-state index in [2.05, 4.69) is 5.32 Å². The van der Waals surface area contributed by atoms with Crippen LogP contribution in [0.1, 0.15) is 24.2 Å². The van der Waals surface area contributed by atoms with Gasteiger partial charge in [0.05, 0.1) is 12.1 Å². The van der Waals surface area contributed by atoms with Crippen LogP contribution in [0.2, 0.25) is 5.02 Å². The Kier molecular flexibility index (Phi) is 4.62. The van der Waals surface area contributed by atoms with Gasteiger partial charge < -0.3 is 10.1 Å². The molecule has 0 aliphatic rings. The van der Waals surface area contributed by atoms with E-state index >= 15 is 0 Å². The number of carbonyl (C=O) groups is 1. The van der Waals surface area contributed by atoms with Crippen molar-refractivity contribution in [3.8, 4) is 5.75 Å². The van der Waals surface area contributed by atoms with E-state index in [9.17, 15) is 4.79 Å². The van der Waals surface area contributed by atoms with Crippen molar-refractivity contribution in [1.82, 2.24) is 5.32 Å². The molecule has 0 atom stereocenters. The third-order valence-electron chi connectivity index (χ3n) is 2.08. The first-order valence-electron chi connectivity index (χ1n) is 5.16. The third kappa shape index (κ3) is 3.42. The first-order valence-corrected chi connectivity index (χ1v) is 5.54. The Balaban J connectivity index is 2.73. The van der Waals surface area contributed by atoms with Crippen LogP contribution < -0.4 is 10.1 Å². The SMILES string of the molecule is COc1ccc(C(=O)NCC(C)C)cc1Cl. The summed E-state index contributed by atoms with van der Waals surface area (Å²) in [6, 6.07) is 4.99. The zero-order valence-electron chi connectivity index (χ0n) is 9.71. The summed E-state index contributed by atoms with van der Waals surface area (Å²) in [7, 11) is 1.54. The van der Waals surface area contributed by atoms with Crippen molar-refractivity contribution in [2.75, 3.05) is 13.7 Å². The molecule has 0 fully saturated rings. The quantitative estimate of drug-likeness (QED) is 0.880. The summed E-state index contributed by atoms with van der Waals surface area (Å²) in [4.78, 5) is 11.7. The fourth-order valence-corrected chi connectivity index (χ4v) is 1.46. The molecule has 0 radical (unpaired) electrons. The molecular weight excluding hydrogens is 226 g/mol. The maximum Gasteiger partial charge on any atom is 0.251 e. The molecule has 0 bridgehead atoms. The Morgan fingerprint density at radius 2 is 2.19 bits per heavy atom. The van der Waals surface area contributed by atoms with Gasteiger partial charge in [-0.2, -0.15) is 0 Å². The smallest absolute Gasteiger partial charge is 0.251 e. The lowest BCUT2D eigenvalue weighted by molar-refractivity contribution is 0.0949. The van der Waals surface area contributed by atoms with Gasteiger partial charge >= 0.3 is 0 Å². The molecule has 0 spiro atoms. The van der Waals surface area contributed by atoms with E-state index in [-0.39, 0.29) is 5.91 Å². The number of methoxy groups -OCH3 is 1. The van der Waals surface area contributed by atoms with Crippen LogP contribution in [-0.2, 0) is 0 Å². The largest absolute Gasteiger partial charge is 0.495 e. The van der Waals surface area contributed by atoms with Crippen LogP contribution in [0.4, 0.5) is 0 Å². The Labute approximate surface area is 101 Å². The van der Waals surface area contributed by atoms with E-state index in [0.717, 1.165) is 0 Å². The minimum absolute atomic E-state index is 0.113. The average Bonchev–Trinajstić information content (AvgIpc) is 2.25. The zero-order valence-corrected chi connectivity index (χ0v) is 10.5. The maximum atomic E-state index is 11.7. The van der Waals surface area contributed by atoms with E-state index in [4.69, 9.17) is 16.3 Å².